The van der Waals surface area contributed by atoms with Gasteiger partial charge in [-0.15, -0.1) is 0 Å². The molecule has 1 unspecified atom stereocenters. The summed E-state index contributed by atoms with van der Waals surface area (Å²) >= 11 is 0. The third-order valence-electron chi connectivity index (χ3n) is 1.90. The Bertz CT molecular complexity index is 259. The average Bonchev–Trinajstić information content (AvgIpc) is 2.12. The van der Waals surface area contributed by atoms with Crippen LogP contribution in [0.15, 0.2) is 36.0 Å². The monoisotopic (exact) mass is 194 g/mol. The highest BCUT2D eigenvalue weighted by Gasteiger charge is 1.91. The van der Waals surface area contributed by atoms with E-state index in [0.29, 0.717) is 5.92 Å². The van der Waals surface area contributed by atoms with Crippen molar-refractivity contribution in [3.63, 3.8) is 0 Å². The number of carboxylic acid groups (broad SMARTS) is 1. The predicted molar refractivity (Wildman–Crippen MR) is 59.1 cm³/mol. The molecule has 0 bridgehead atoms. The summed E-state index contributed by atoms with van der Waals surface area (Å²) in [4.78, 5) is 10.1. The number of hydrogen-bond donors (Lipinski definition) is 1. The minimum atomic E-state index is -0.918. The van der Waals surface area contributed by atoms with Gasteiger partial charge < -0.3 is 5.11 Å². The topological polar surface area (TPSA) is 37.3 Å². The van der Waals surface area contributed by atoms with Gasteiger partial charge in [0.15, 0.2) is 0 Å². The first kappa shape index (κ1) is 12.7. The molecule has 0 spiro atoms. The molecule has 78 valence electrons. The van der Waals surface area contributed by atoms with Gasteiger partial charge in [0.25, 0.3) is 0 Å². The summed E-state index contributed by atoms with van der Waals surface area (Å²) in [5.41, 5.74) is 1.16. The van der Waals surface area contributed by atoms with Crippen LogP contribution in [-0.4, -0.2) is 11.1 Å². The molecule has 0 aliphatic rings. The number of hydrogen-bond acceptors (Lipinski definition) is 1. The Kier molecular flexibility index (Phi) is 6.46. The van der Waals surface area contributed by atoms with Gasteiger partial charge in [-0.3, -0.25) is 0 Å². The molecule has 0 saturated carbocycles. The van der Waals surface area contributed by atoms with Crippen molar-refractivity contribution >= 4 is 5.97 Å². The molecule has 2 nitrogen and oxygen atoms in total. The van der Waals surface area contributed by atoms with Crippen molar-refractivity contribution < 1.29 is 9.90 Å². The Hall–Kier alpha value is -1.31. The predicted octanol–water partition coefficient (Wildman–Crippen LogP) is 3.18. The maximum Gasteiger partial charge on any atom is 0.328 e. The summed E-state index contributed by atoms with van der Waals surface area (Å²) in [5, 5.41) is 8.33. The number of allylic oxidation sites excluding steroid dienone is 5. The summed E-state index contributed by atoms with van der Waals surface area (Å²) in [6, 6.07) is 0. The van der Waals surface area contributed by atoms with E-state index in [9.17, 15) is 4.79 Å². The highest BCUT2D eigenvalue weighted by Crippen LogP contribution is 2.07. The molecular weight excluding hydrogens is 176 g/mol. The molecule has 0 radical (unpaired) electrons. The van der Waals surface area contributed by atoms with Crippen molar-refractivity contribution in [2.24, 2.45) is 5.92 Å². The lowest BCUT2D eigenvalue weighted by molar-refractivity contribution is -0.131. The Balaban J connectivity index is 4.11. The van der Waals surface area contributed by atoms with Crippen molar-refractivity contribution in [3.05, 3.63) is 36.0 Å². The standard InChI is InChI=1S/C12H18O2/c1-4-10(2)9-11(3)7-5-6-8-12(13)14/h5-10H,4H2,1-3H3,(H,13,14). The molecule has 1 atom stereocenters. The summed E-state index contributed by atoms with van der Waals surface area (Å²) in [5.74, 6) is -0.346. The van der Waals surface area contributed by atoms with E-state index in [1.807, 2.05) is 13.0 Å². The zero-order chi connectivity index (χ0) is 11.0. The van der Waals surface area contributed by atoms with Crippen LogP contribution in [-0.2, 0) is 4.79 Å². The van der Waals surface area contributed by atoms with Crippen LogP contribution in [0.1, 0.15) is 27.2 Å². The number of carboxylic acids is 1. The molecule has 0 rings (SSSR count). The second kappa shape index (κ2) is 7.13. The molecule has 0 aliphatic heterocycles. The van der Waals surface area contributed by atoms with Crippen molar-refractivity contribution in [3.8, 4) is 0 Å². The van der Waals surface area contributed by atoms with Crippen LogP contribution in [0.3, 0.4) is 0 Å². The van der Waals surface area contributed by atoms with Gasteiger partial charge in [-0.1, -0.05) is 50.1 Å². The molecule has 14 heavy (non-hydrogen) atoms. The van der Waals surface area contributed by atoms with Gasteiger partial charge in [0.05, 0.1) is 0 Å². The molecule has 0 fully saturated rings. The Morgan fingerprint density at radius 1 is 1.36 bits per heavy atom. The van der Waals surface area contributed by atoms with Crippen LogP contribution >= 0.6 is 0 Å². The van der Waals surface area contributed by atoms with Crippen LogP contribution in [0.5, 0.6) is 0 Å². The van der Waals surface area contributed by atoms with E-state index in [2.05, 4.69) is 19.9 Å². The van der Waals surface area contributed by atoms with Gasteiger partial charge in [0, 0.05) is 6.08 Å². The van der Waals surface area contributed by atoms with E-state index in [1.165, 1.54) is 6.08 Å². The number of carbonyl (C=O) groups is 1. The third kappa shape index (κ3) is 7.35. The maximum absolute atomic E-state index is 10.1. The van der Waals surface area contributed by atoms with Gasteiger partial charge in [0.2, 0.25) is 0 Å². The second-order valence-corrected chi connectivity index (χ2v) is 3.35. The Morgan fingerprint density at radius 2 is 1.93 bits per heavy atom. The van der Waals surface area contributed by atoms with Crippen LogP contribution in [0.2, 0.25) is 0 Å². The second-order valence-electron chi connectivity index (χ2n) is 3.35. The molecular formula is C12H18O2. The molecule has 0 aromatic carbocycles. The largest absolute Gasteiger partial charge is 0.478 e. The molecule has 0 aliphatic carbocycles. The van der Waals surface area contributed by atoms with E-state index in [1.54, 1.807) is 6.08 Å². The van der Waals surface area contributed by atoms with Crippen LogP contribution in [0, 0.1) is 5.92 Å². The number of rotatable bonds is 5. The highest BCUT2D eigenvalue weighted by atomic mass is 16.4. The van der Waals surface area contributed by atoms with E-state index >= 15 is 0 Å². The average molecular weight is 194 g/mol. The third-order valence-corrected chi connectivity index (χ3v) is 1.90. The van der Waals surface area contributed by atoms with E-state index < -0.39 is 5.97 Å². The molecule has 0 heterocycles. The Morgan fingerprint density at radius 3 is 2.43 bits per heavy atom. The fourth-order valence-corrected chi connectivity index (χ4v) is 0.967. The van der Waals surface area contributed by atoms with Crippen molar-refractivity contribution in [1.82, 2.24) is 0 Å². The fraction of sp³-hybridized carbons (Fsp3) is 0.417. The quantitative estimate of drug-likeness (QED) is 0.539. The highest BCUT2D eigenvalue weighted by molar-refractivity contribution is 5.80. The lowest BCUT2D eigenvalue weighted by Crippen LogP contribution is -1.86. The van der Waals surface area contributed by atoms with Gasteiger partial charge in [-0.05, 0) is 12.8 Å². The van der Waals surface area contributed by atoms with Crippen LogP contribution in [0.25, 0.3) is 0 Å². The van der Waals surface area contributed by atoms with Crippen LogP contribution < -0.4 is 0 Å². The summed E-state index contributed by atoms with van der Waals surface area (Å²) in [6.07, 6.45) is 9.58. The molecule has 1 N–H and O–H groups in total. The van der Waals surface area contributed by atoms with Gasteiger partial charge >= 0.3 is 5.97 Å². The summed E-state index contributed by atoms with van der Waals surface area (Å²) < 4.78 is 0. The summed E-state index contributed by atoms with van der Waals surface area (Å²) in [7, 11) is 0. The van der Waals surface area contributed by atoms with Gasteiger partial charge in [-0.25, -0.2) is 4.79 Å². The summed E-state index contributed by atoms with van der Waals surface area (Å²) in [6.45, 7) is 6.31. The normalized spacial score (nSPS) is 15.2. The zero-order valence-electron chi connectivity index (χ0n) is 9.03. The lowest BCUT2D eigenvalue weighted by atomic mass is 10.1. The smallest absolute Gasteiger partial charge is 0.328 e. The van der Waals surface area contributed by atoms with E-state index in [0.717, 1.165) is 18.1 Å². The minimum Gasteiger partial charge on any atom is -0.478 e. The molecule has 2 heteroatoms. The SMILES string of the molecule is CCC(C)C=C(C)C=CC=CC(=O)O. The molecule has 0 saturated heterocycles. The van der Waals surface area contributed by atoms with Crippen molar-refractivity contribution in [2.45, 2.75) is 27.2 Å². The minimum absolute atomic E-state index is 0.572. The van der Waals surface area contributed by atoms with Gasteiger partial charge in [-0.2, -0.15) is 0 Å². The molecule has 0 aromatic rings. The molecule has 0 amide bonds. The Labute approximate surface area is 85.6 Å². The zero-order valence-corrected chi connectivity index (χ0v) is 9.03. The van der Waals surface area contributed by atoms with E-state index in [4.69, 9.17) is 5.11 Å². The molecule has 0 aromatic heterocycles. The van der Waals surface area contributed by atoms with Gasteiger partial charge in [0.1, 0.15) is 0 Å². The van der Waals surface area contributed by atoms with Crippen molar-refractivity contribution in [2.75, 3.05) is 0 Å². The van der Waals surface area contributed by atoms with Crippen molar-refractivity contribution in [1.29, 1.82) is 0 Å². The van der Waals surface area contributed by atoms with Crippen LogP contribution in [0.4, 0.5) is 0 Å². The first-order valence-corrected chi connectivity index (χ1v) is 4.82. The van der Waals surface area contributed by atoms with E-state index in [-0.39, 0.29) is 0 Å². The number of aliphatic carboxylic acids is 1. The fourth-order valence-electron chi connectivity index (χ4n) is 0.967. The first-order chi connectivity index (χ1) is 6.56. The maximum atomic E-state index is 10.1. The first-order valence-electron chi connectivity index (χ1n) is 4.82. The lowest BCUT2D eigenvalue weighted by Gasteiger charge is -2.00.